The van der Waals surface area contributed by atoms with E-state index in [0.29, 0.717) is 0 Å². The zero-order chi connectivity index (χ0) is 73.8. The lowest BCUT2D eigenvalue weighted by molar-refractivity contribution is 0.661. The summed E-state index contributed by atoms with van der Waals surface area (Å²) in [4.78, 5) is 4.87. The first kappa shape index (κ1) is 64.6. The van der Waals surface area contributed by atoms with Crippen LogP contribution in [-0.2, 0) is 21.7 Å². The van der Waals surface area contributed by atoms with E-state index in [1.165, 1.54) is 185 Å². The van der Waals surface area contributed by atoms with Gasteiger partial charge in [-0.05, 0) is 302 Å². The molecule has 19 aromatic rings. The zero-order valence-electron chi connectivity index (χ0n) is 63.0. The number of thiophene rings is 1. The first-order valence-corrected chi connectivity index (χ1v) is 39.7. The highest BCUT2D eigenvalue weighted by Crippen LogP contribution is 2.58. The molecular weight excluding hydrogens is 1350 g/mol. The van der Waals surface area contributed by atoms with Gasteiger partial charge in [-0.2, -0.15) is 0 Å². The van der Waals surface area contributed by atoms with E-state index in [1.807, 2.05) is 11.3 Å². The van der Waals surface area contributed by atoms with Crippen LogP contribution in [0.2, 0.25) is 0 Å². The van der Waals surface area contributed by atoms with Crippen molar-refractivity contribution < 1.29 is 0 Å². The molecule has 110 heavy (non-hydrogen) atoms. The third kappa shape index (κ3) is 9.48. The summed E-state index contributed by atoms with van der Waals surface area (Å²) < 4.78 is 5.16. The van der Waals surface area contributed by atoms with Gasteiger partial charge in [0.05, 0.1) is 11.0 Å². The van der Waals surface area contributed by atoms with Crippen molar-refractivity contribution >= 4 is 131 Å². The molecule has 0 N–H and O–H groups in total. The summed E-state index contributed by atoms with van der Waals surface area (Å²) in [5.74, 6) is 0. The van der Waals surface area contributed by atoms with E-state index in [0.717, 1.165) is 28.4 Å². The molecule has 0 unspecified atom stereocenters. The highest BCUT2D eigenvalue weighted by molar-refractivity contribution is 7.25. The van der Waals surface area contributed by atoms with Crippen LogP contribution in [0.3, 0.4) is 0 Å². The largest absolute Gasteiger partial charge is 0.310 e. The third-order valence-corrected chi connectivity index (χ3v) is 26.8. The summed E-state index contributed by atoms with van der Waals surface area (Å²) in [6.07, 6.45) is 0. The Kier molecular flexibility index (Phi) is 13.8. The Morgan fingerprint density at radius 3 is 1.05 bits per heavy atom. The normalized spacial score (nSPS) is 14.7. The summed E-state index contributed by atoms with van der Waals surface area (Å²) in [5.41, 5.74) is 32.1. The van der Waals surface area contributed by atoms with E-state index in [1.54, 1.807) is 0 Å². The number of hydrogen-bond donors (Lipinski definition) is 0. The highest BCUT2D eigenvalue weighted by atomic mass is 32.1. The number of benzene rings is 17. The Bertz CT molecular complexity index is 7150. The van der Waals surface area contributed by atoms with Crippen molar-refractivity contribution in [3.05, 3.63) is 378 Å². The molecule has 0 spiro atoms. The smallest absolute Gasteiger partial charge is 0.0544 e. The van der Waals surface area contributed by atoms with Crippen molar-refractivity contribution in [2.24, 2.45) is 0 Å². The van der Waals surface area contributed by atoms with Gasteiger partial charge in [0.2, 0.25) is 0 Å². The maximum Gasteiger partial charge on any atom is 0.0544 e. The van der Waals surface area contributed by atoms with E-state index in [4.69, 9.17) is 0 Å². The van der Waals surface area contributed by atoms with E-state index in [-0.39, 0.29) is 21.7 Å². The predicted molar refractivity (Wildman–Crippen MR) is 470 cm³/mol. The molecule has 0 saturated carbocycles. The minimum Gasteiger partial charge on any atom is -0.310 e. The van der Waals surface area contributed by atoms with E-state index < -0.39 is 0 Å². The van der Waals surface area contributed by atoms with Crippen LogP contribution in [0.15, 0.2) is 334 Å². The zero-order valence-corrected chi connectivity index (χ0v) is 63.8. The Labute approximate surface area is 645 Å². The van der Waals surface area contributed by atoms with E-state index in [9.17, 15) is 0 Å². The van der Waals surface area contributed by atoms with Crippen LogP contribution < -0.4 is 9.80 Å². The van der Waals surface area contributed by atoms with Crippen LogP contribution in [0, 0.1) is 0 Å². The lowest BCUT2D eigenvalue weighted by atomic mass is 9.81. The SMILES string of the molecule is CC1(C)c2cc3ccccc3cc2-c2cc3ccc(N(c4ccccc4)c4ccc5c(c4)C(C)(C)c4cc6c(cc4-5)c4ccccc4n6-c4ccccc4)cc3cc21.CC1(C)c2cc3ccccc3cc2-c2cc3ccc(N(c4ccccc4)c4ccc5c(c4)C(C)(C)c4cc6sc7ccccc7c6cc4-5)cc3cc21. The van der Waals surface area contributed by atoms with Crippen LogP contribution in [-0.4, -0.2) is 4.57 Å². The number of hydrogen-bond acceptors (Lipinski definition) is 3. The standard InChI is InChI=1S/C56H42N2.C50H37NS/c1-55(2)49-30-36-16-12-11-15-35(36)28-45(49)46-29-37-23-24-41(27-38(37)31-50(46)55)57(39-17-7-5-8-18-39)42-25-26-43-47-33-48-44-21-13-14-22-53(44)58(40-19-9-6-10-20-40)54(48)34-52(47)56(3,4)51(43)32-42;1-49(2)43-25-31-13-9-8-12-30(31)23-39(43)40-24-32-18-19-35(22-33(32)26-44(40)49)51(34-14-6-5-7-15-34)36-20-21-37-41-28-42-38-16-10-11-17-47(38)52-48(42)29-46(41)50(3,4)45(37)27-36/h5-34H,1-4H3;5-29H,1-4H3. The van der Waals surface area contributed by atoms with Gasteiger partial charge < -0.3 is 14.4 Å². The molecule has 0 saturated heterocycles. The summed E-state index contributed by atoms with van der Waals surface area (Å²) in [6.45, 7) is 19.1. The summed E-state index contributed by atoms with van der Waals surface area (Å²) >= 11 is 1.91. The Morgan fingerprint density at radius 2 is 0.555 bits per heavy atom. The molecule has 0 fully saturated rings. The Morgan fingerprint density at radius 1 is 0.209 bits per heavy atom. The highest BCUT2D eigenvalue weighted by Gasteiger charge is 2.41. The molecule has 2 aromatic heterocycles. The maximum absolute atomic E-state index is 2.47. The number of anilines is 6. The van der Waals surface area contributed by atoms with Crippen molar-refractivity contribution in [2.45, 2.75) is 77.0 Å². The maximum atomic E-state index is 2.47. The van der Waals surface area contributed by atoms with Gasteiger partial charge in [0.15, 0.2) is 0 Å². The minimum absolute atomic E-state index is 0.0840. The average Bonchev–Trinajstić information content (AvgIpc) is 1.56. The fraction of sp³-hybridized carbons (Fsp3) is 0.113. The third-order valence-electron chi connectivity index (χ3n) is 25.7. The van der Waals surface area contributed by atoms with Crippen molar-refractivity contribution in [1.82, 2.24) is 4.57 Å². The molecule has 23 rings (SSSR count). The first-order valence-electron chi connectivity index (χ1n) is 38.8. The molecule has 524 valence electrons. The van der Waals surface area contributed by atoms with Gasteiger partial charge in [-0.25, -0.2) is 0 Å². The Balaban J connectivity index is 0.000000136. The predicted octanol–water partition coefficient (Wildman–Crippen LogP) is 29.6. The van der Waals surface area contributed by atoms with Crippen LogP contribution in [0.1, 0.15) is 99.9 Å². The average molecular weight is 1430 g/mol. The Hall–Kier alpha value is -12.6. The van der Waals surface area contributed by atoms with Gasteiger partial charge in [-0.1, -0.05) is 219 Å². The second-order valence-electron chi connectivity index (χ2n) is 33.2. The minimum atomic E-state index is -0.204. The van der Waals surface area contributed by atoms with Crippen molar-refractivity contribution in [3.63, 3.8) is 0 Å². The summed E-state index contributed by atoms with van der Waals surface area (Å²) in [6, 6.07) is 125. The van der Waals surface area contributed by atoms with E-state index in [2.05, 4.69) is 403 Å². The molecule has 3 nitrogen and oxygen atoms in total. The topological polar surface area (TPSA) is 11.4 Å². The molecule has 0 radical (unpaired) electrons. The number of aromatic nitrogens is 1. The molecule has 4 aliphatic rings. The molecule has 0 amide bonds. The molecule has 4 heteroatoms. The summed E-state index contributed by atoms with van der Waals surface area (Å²) in [5, 5.41) is 15.5. The number of para-hydroxylation sites is 4. The fourth-order valence-corrected chi connectivity index (χ4v) is 21.0. The van der Waals surface area contributed by atoms with Gasteiger partial charge in [0, 0.05) is 92.4 Å². The first-order chi connectivity index (χ1) is 53.5. The van der Waals surface area contributed by atoms with Crippen molar-refractivity contribution in [1.29, 1.82) is 0 Å². The van der Waals surface area contributed by atoms with Crippen molar-refractivity contribution in [3.8, 4) is 50.2 Å². The quantitative estimate of drug-likeness (QED) is 0.158. The van der Waals surface area contributed by atoms with Crippen LogP contribution >= 0.6 is 11.3 Å². The van der Waals surface area contributed by atoms with Gasteiger partial charge in [-0.3, -0.25) is 0 Å². The lowest BCUT2D eigenvalue weighted by Crippen LogP contribution is -2.17. The number of rotatable bonds is 7. The monoisotopic (exact) mass is 1430 g/mol. The van der Waals surface area contributed by atoms with Crippen LogP contribution in [0.5, 0.6) is 0 Å². The van der Waals surface area contributed by atoms with Crippen LogP contribution in [0.4, 0.5) is 34.1 Å². The molecule has 0 bridgehead atoms. The molecule has 0 aliphatic heterocycles. The molecule has 0 atom stereocenters. The summed E-state index contributed by atoms with van der Waals surface area (Å²) in [7, 11) is 0. The molecular formula is C106H79N3S. The second-order valence-corrected chi connectivity index (χ2v) is 34.3. The fourth-order valence-electron chi connectivity index (χ4n) is 19.9. The molecule has 17 aromatic carbocycles. The van der Waals surface area contributed by atoms with Gasteiger partial charge in [0.25, 0.3) is 0 Å². The van der Waals surface area contributed by atoms with Gasteiger partial charge in [0.1, 0.15) is 0 Å². The second kappa shape index (κ2) is 23.5. The number of fused-ring (bicyclic) bond motifs is 22. The lowest BCUT2D eigenvalue weighted by Gasteiger charge is -2.28. The number of nitrogens with zero attached hydrogens (tertiary/aromatic N) is 3. The van der Waals surface area contributed by atoms with Gasteiger partial charge in [-0.15, -0.1) is 11.3 Å². The van der Waals surface area contributed by atoms with Crippen LogP contribution in [0.25, 0.3) is 135 Å². The van der Waals surface area contributed by atoms with E-state index >= 15 is 0 Å². The molecule has 2 heterocycles. The van der Waals surface area contributed by atoms with Crippen molar-refractivity contribution in [2.75, 3.05) is 9.80 Å². The molecule has 4 aliphatic carbocycles. The van der Waals surface area contributed by atoms with Gasteiger partial charge >= 0.3 is 0 Å².